The van der Waals surface area contributed by atoms with Gasteiger partial charge in [0.2, 0.25) is 0 Å². The number of ether oxygens (including phenoxy) is 2. The third-order valence-corrected chi connectivity index (χ3v) is 4.52. The summed E-state index contributed by atoms with van der Waals surface area (Å²) in [5.41, 5.74) is -2.48. The molecule has 0 aromatic heterocycles. The van der Waals surface area contributed by atoms with Gasteiger partial charge < -0.3 is 9.47 Å². The maximum absolute atomic E-state index is 13.4. The molecule has 0 aliphatic rings. The number of alkyl halides is 18. The normalized spacial score (nSPS) is 14.7. The molecule has 4 nitrogen and oxygen atoms in total. The molecule has 0 saturated carbocycles. The number of hydrogen-bond donors (Lipinski definition) is 0. The lowest BCUT2D eigenvalue weighted by atomic mass is 10.0. The Bertz CT molecular complexity index is 1010. The molecule has 0 N–H and O–H groups in total. The smallest absolute Gasteiger partial charge is 0.455 e. The van der Waals surface area contributed by atoms with E-state index in [2.05, 4.69) is 9.47 Å². The van der Waals surface area contributed by atoms with Gasteiger partial charge in [-0.05, 0) is 18.2 Å². The number of rotatable bonds is 10. The maximum atomic E-state index is 13.4. The third kappa shape index (κ3) is 6.13. The van der Waals surface area contributed by atoms with E-state index in [-0.39, 0.29) is 6.07 Å². The van der Waals surface area contributed by atoms with E-state index in [9.17, 15) is 88.6 Å². The molecule has 40 heavy (non-hydrogen) atoms. The second kappa shape index (κ2) is 10.4. The number of carbonyl (C=O) groups is 2. The quantitative estimate of drug-likeness (QED) is 0.208. The number of esters is 2. The van der Waals surface area contributed by atoms with Crippen LogP contribution in [0.25, 0.3) is 0 Å². The van der Waals surface area contributed by atoms with E-state index in [1.165, 1.54) is 0 Å². The van der Waals surface area contributed by atoms with E-state index in [1.54, 1.807) is 0 Å². The topological polar surface area (TPSA) is 52.6 Å². The summed E-state index contributed by atoms with van der Waals surface area (Å²) in [6.45, 7) is -6.26. The Morgan fingerprint density at radius 3 is 1.02 bits per heavy atom. The monoisotopic (exact) mass is 630 g/mol. The average Bonchev–Trinajstić information content (AvgIpc) is 2.79. The van der Waals surface area contributed by atoms with Gasteiger partial charge in [0.1, 0.15) is 0 Å². The lowest BCUT2D eigenvalue weighted by molar-refractivity contribution is -0.398. The minimum atomic E-state index is -7.33. The summed E-state index contributed by atoms with van der Waals surface area (Å²) in [5.74, 6) is -46.3. The van der Waals surface area contributed by atoms with Crippen molar-refractivity contribution in [3.05, 3.63) is 35.4 Å². The van der Waals surface area contributed by atoms with Gasteiger partial charge in [-0.25, -0.2) is 9.59 Å². The first-order valence-electron chi connectivity index (χ1n) is 9.32. The summed E-state index contributed by atoms with van der Waals surface area (Å²) in [6, 6.07) is 1.44. The molecule has 0 aliphatic heterocycles. The highest BCUT2D eigenvalue weighted by molar-refractivity contribution is 5.95. The SMILES string of the molecule is O=C(OCC(F)(F)C(F)(F)C(F)(F)C(F)(F)F)c1cccc(C(=O)OCC(F)(F)C(F)(F)C(F)(F)C(F)(F)F)c1. The van der Waals surface area contributed by atoms with Crippen molar-refractivity contribution < 1.29 is 98.1 Å². The zero-order valence-electron chi connectivity index (χ0n) is 18.2. The molecule has 0 spiro atoms. The fourth-order valence-corrected chi connectivity index (χ4v) is 2.25. The fourth-order valence-electron chi connectivity index (χ4n) is 2.25. The summed E-state index contributed by atoms with van der Waals surface area (Å²) in [4.78, 5) is 23.4. The van der Waals surface area contributed by atoms with E-state index in [0.717, 1.165) is 0 Å². The third-order valence-electron chi connectivity index (χ3n) is 4.52. The summed E-state index contributed by atoms with van der Waals surface area (Å²) in [7, 11) is 0. The molecule has 22 heteroatoms. The molecule has 0 atom stereocenters. The zero-order chi connectivity index (χ0) is 32.0. The highest BCUT2D eigenvalue weighted by Gasteiger charge is 2.83. The molecule has 0 heterocycles. The van der Waals surface area contributed by atoms with Crippen LogP contribution in [0.5, 0.6) is 0 Å². The molecule has 0 aliphatic carbocycles. The van der Waals surface area contributed by atoms with E-state index >= 15 is 0 Å². The van der Waals surface area contributed by atoms with Crippen LogP contribution in [-0.4, -0.2) is 73.0 Å². The molecule has 1 aromatic carbocycles. The fraction of sp³-hybridized carbons (Fsp3) is 0.556. The molecule has 0 amide bonds. The summed E-state index contributed by atoms with van der Waals surface area (Å²) in [6.07, 6.45) is -14.4. The molecule has 0 radical (unpaired) electrons. The number of halogens is 18. The van der Waals surface area contributed by atoms with Gasteiger partial charge in [-0.3, -0.25) is 0 Å². The van der Waals surface area contributed by atoms with Crippen molar-refractivity contribution >= 4 is 11.9 Å². The number of benzene rings is 1. The summed E-state index contributed by atoms with van der Waals surface area (Å²) >= 11 is 0. The molecule has 0 unspecified atom stereocenters. The molecule has 1 rings (SSSR count). The Labute approximate surface area is 207 Å². The number of hydrogen-bond acceptors (Lipinski definition) is 4. The van der Waals surface area contributed by atoms with Gasteiger partial charge in [0, 0.05) is 0 Å². The second-order valence-electron chi connectivity index (χ2n) is 7.44. The lowest BCUT2D eigenvalue weighted by Crippen LogP contribution is -2.62. The van der Waals surface area contributed by atoms with Crippen LogP contribution in [0.1, 0.15) is 20.7 Å². The maximum Gasteiger partial charge on any atom is 0.460 e. The first kappa shape index (κ1) is 34.9. The van der Waals surface area contributed by atoms with Crippen LogP contribution in [0, 0.1) is 0 Å². The van der Waals surface area contributed by atoms with Crippen molar-refractivity contribution in [2.24, 2.45) is 0 Å². The van der Waals surface area contributed by atoms with Gasteiger partial charge in [0.25, 0.3) is 0 Å². The van der Waals surface area contributed by atoms with Gasteiger partial charge in [0.05, 0.1) is 11.1 Å². The molecule has 0 fully saturated rings. The molecule has 230 valence electrons. The van der Waals surface area contributed by atoms with Crippen molar-refractivity contribution in [1.82, 2.24) is 0 Å². The van der Waals surface area contributed by atoms with Crippen LogP contribution in [0.4, 0.5) is 79.0 Å². The van der Waals surface area contributed by atoms with Crippen molar-refractivity contribution in [3.8, 4) is 0 Å². The highest BCUT2D eigenvalue weighted by Crippen LogP contribution is 2.54. The molecule has 0 bridgehead atoms. The molecular formula is C18H8F18O4. The Balaban J connectivity index is 3.04. The first-order chi connectivity index (χ1) is 17.5. The minimum absolute atomic E-state index is 0.0614. The van der Waals surface area contributed by atoms with Crippen molar-refractivity contribution in [1.29, 1.82) is 0 Å². The lowest BCUT2D eigenvalue weighted by Gasteiger charge is -2.33. The van der Waals surface area contributed by atoms with Gasteiger partial charge in [0.15, 0.2) is 13.2 Å². The van der Waals surface area contributed by atoms with Gasteiger partial charge in [-0.2, -0.15) is 79.0 Å². The van der Waals surface area contributed by atoms with E-state index in [1.807, 2.05) is 0 Å². The summed E-state index contributed by atoms with van der Waals surface area (Å²) < 4.78 is 237. The van der Waals surface area contributed by atoms with Crippen LogP contribution in [0.3, 0.4) is 0 Å². The van der Waals surface area contributed by atoms with Crippen LogP contribution in [0.2, 0.25) is 0 Å². The van der Waals surface area contributed by atoms with Crippen molar-refractivity contribution in [2.45, 2.75) is 47.9 Å². The predicted molar refractivity (Wildman–Crippen MR) is 88.8 cm³/mol. The Hall–Kier alpha value is -3.10. The minimum Gasteiger partial charge on any atom is -0.455 e. The standard InChI is InChI=1S/C18H8F18O4/c19-11(20,13(23,24)15(27,28)17(31,32)33)5-39-9(37)7-2-1-3-8(4-7)10(38)40-6-12(21,22)14(25,26)16(29,30)18(34,35)36/h1-4H,5-6H2. The van der Waals surface area contributed by atoms with Crippen LogP contribution in [0.15, 0.2) is 24.3 Å². The molecule has 1 aromatic rings. The van der Waals surface area contributed by atoms with Gasteiger partial charge >= 0.3 is 59.8 Å². The van der Waals surface area contributed by atoms with Crippen LogP contribution in [-0.2, 0) is 9.47 Å². The van der Waals surface area contributed by atoms with Gasteiger partial charge in [-0.1, -0.05) is 6.07 Å². The second-order valence-corrected chi connectivity index (χ2v) is 7.44. The van der Waals surface area contributed by atoms with Gasteiger partial charge in [-0.15, -0.1) is 0 Å². The van der Waals surface area contributed by atoms with E-state index in [0.29, 0.717) is 18.2 Å². The Kier molecular flexibility index (Phi) is 9.06. The first-order valence-corrected chi connectivity index (χ1v) is 9.32. The average molecular weight is 630 g/mol. The zero-order valence-corrected chi connectivity index (χ0v) is 18.2. The molecule has 0 saturated heterocycles. The highest BCUT2D eigenvalue weighted by atomic mass is 19.4. The summed E-state index contributed by atoms with van der Waals surface area (Å²) in [5, 5.41) is 0. The molecular weight excluding hydrogens is 622 g/mol. The van der Waals surface area contributed by atoms with E-state index in [4.69, 9.17) is 0 Å². The number of carbonyl (C=O) groups excluding carboxylic acids is 2. The van der Waals surface area contributed by atoms with Crippen LogP contribution < -0.4 is 0 Å². The Morgan fingerprint density at radius 1 is 0.500 bits per heavy atom. The van der Waals surface area contributed by atoms with Crippen molar-refractivity contribution in [3.63, 3.8) is 0 Å². The van der Waals surface area contributed by atoms with Crippen molar-refractivity contribution in [2.75, 3.05) is 13.2 Å². The predicted octanol–water partition coefficient (Wildman–Crippen LogP) is 6.94. The van der Waals surface area contributed by atoms with E-state index < -0.39 is 84.2 Å². The largest absolute Gasteiger partial charge is 0.460 e. The Morgan fingerprint density at radius 2 is 0.775 bits per heavy atom. The van der Waals surface area contributed by atoms with Crippen LogP contribution >= 0.6 is 0 Å².